The lowest BCUT2D eigenvalue weighted by molar-refractivity contribution is -0.134. The van der Waals surface area contributed by atoms with Gasteiger partial charge in [-0.05, 0) is 37.7 Å². The molecule has 0 spiro atoms. The largest absolute Gasteiger partial charge is 0.496 e. The Kier molecular flexibility index (Phi) is 12.3. The van der Waals surface area contributed by atoms with Crippen LogP contribution in [-0.2, 0) is 9.59 Å². The van der Waals surface area contributed by atoms with Crippen molar-refractivity contribution in [2.45, 2.75) is 31.7 Å². The van der Waals surface area contributed by atoms with Gasteiger partial charge in [0.2, 0.25) is 0 Å². The summed E-state index contributed by atoms with van der Waals surface area (Å²) in [4.78, 5) is 50.0. The number of hydrogen-bond acceptors (Lipinski definition) is 7. The number of methoxy groups -OCH3 is 1. The molecule has 0 bridgehead atoms. The van der Waals surface area contributed by atoms with Crippen molar-refractivity contribution >= 4 is 41.2 Å². The molecule has 2 fully saturated rings. The Balaban J connectivity index is 0.000000580. The van der Waals surface area contributed by atoms with E-state index >= 15 is 0 Å². The predicted molar refractivity (Wildman–Crippen MR) is 147 cm³/mol. The molecule has 2 aliphatic heterocycles. The molecule has 2 saturated heterocycles. The molecule has 3 amide bonds. The molecule has 216 valence electrons. The van der Waals surface area contributed by atoms with Crippen LogP contribution >= 0.6 is 11.6 Å². The molecule has 1 aromatic carbocycles. The van der Waals surface area contributed by atoms with E-state index in [1.165, 1.54) is 7.11 Å². The third kappa shape index (κ3) is 10.3. The second kappa shape index (κ2) is 15.2. The van der Waals surface area contributed by atoms with E-state index in [1.54, 1.807) is 31.1 Å². The highest BCUT2D eigenvalue weighted by molar-refractivity contribution is 6.33. The molecule has 0 unspecified atom stereocenters. The molecule has 0 aliphatic carbocycles. The minimum atomic E-state index is -1.26. The minimum Gasteiger partial charge on any atom is -0.496 e. The molecule has 0 atom stereocenters. The van der Waals surface area contributed by atoms with Gasteiger partial charge in [-0.25, -0.2) is 14.4 Å². The van der Waals surface area contributed by atoms with Gasteiger partial charge in [-0.1, -0.05) is 11.6 Å². The molecule has 13 heteroatoms. The number of urea groups is 1. The molecule has 39 heavy (non-hydrogen) atoms. The molecule has 2 heterocycles. The van der Waals surface area contributed by atoms with Crippen LogP contribution in [0.4, 0.5) is 10.5 Å². The number of ether oxygens (including phenoxy) is 1. The number of carbonyl (C=O) groups is 4. The van der Waals surface area contributed by atoms with Gasteiger partial charge in [-0.2, -0.15) is 0 Å². The zero-order valence-electron chi connectivity index (χ0n) is 22.6. The number of aliphatic carboxylic acids is 2. The zero-order valence-corrected chi connectivity index (χ0v) is 23.3. The van der Waals surface area contributed by atoms with Gasteiger partial charge in [0.15, 0.2) is 0 Å². The van der Waals surface area contributed by atoms with E-state index < -0.39 is 11.9 Å². The van der Waals surface area contributed by atoms with Gasteiger partial charge < -0.3 is 40.7 Å². The number of nitrogens with one attached hydrogen (secondary N) is 1. The number of rotatable bonds is 7. The highest BCUT2D eigenvalue weighted by Gasteiger charge is 2.28. The first-order valence-electron chi connectivity index (χ1n) is 12.7. The lowest BCUT2D eigenvalue weighted by atomic mass is 9.94. The van der Waals surface area contributed by atoms with Crippen molar-refractivity contribution in [3.8, 4) is 5.75 Å². The van der Waals surface area contributed by atoms with Crippen LogP contribution in [0.2, 0.25) is 5.02 Å². The average Bonchev–Trinajstić information content (AvgIpc) is 2.90. The molecule has 1 aromatic rings. The number of likely N-dealkylation sites (tertiary alicyclic amines) is 2. The van der Waals surface area contributed by atoms with Crippen molar-refractivity contribution in [2.75, 3.05) is 59.7 Å². The number of piperidine rings is 2. The van der Waals surface area contributed by atoms with Crippen LogP contribution in [0, 0.1) is 5.92 Å². The standard InChI is InChI=1S/C22H34ClN5O3.C4H4O4/c1-26(2)22(30)28-10-4-15(5-11-28)14-27-8-6-16(7-9-27)25-21(29)17-12-18(23)19(24)13-20(17)31-3;5-3(6)1-2-4(7)8/h12-13,15-16H,4-11,14,24H2,1-3H3,(H,25,29);1-2H,(H,5,6)(H,7,8)/b;2-1+. The Labute approximate surface area is 233 Å². The maximum absolute atomic E-state index is 12.7. The first kappa shape index (κ1) is 31.7. The number of hydrogen-bond donors (Lipinski definition) is 4. The van der Waals surface area contributed by atoms with Gasteiger partial charge >= 0.3 is 18.0 Å². The maximum atomic E-state index is 12.7. The van der Waals surface area contributed by atoms with Crippen LogP contribution in [0.25, 0.3) is 0 Å². The Morgan fingerprint density at radius 2 is 1.62 bits per heavy atom. The molecule has 0 saturated carbocycles. The van der Waals surface area contributed by atoms with Gasteiger partial charge in [-0.3, -0.25) is 4.79 Å². The fraction of sp³-hybridized carbons (Fsp3) is 0.538. The second-order valence-corrected chi connectivity index (χ2v) is 10.1. The number of halogens is 1. The molecular formula is C26H38ClN5O7. The van der Waals surface area contributed by atoms with Gasteiger partial charge in [0.25, 0.3) is 5.91 Å². The third-order valence-electron chi connectivity index (χ3n) is 6.64. The van der Waals surface area contributed by atoms with Gasteiger partial charge in [-0.15, -0.1) is 0 Å². The van der Waals surface area contributed by atoms with Gasteiger partial charge in [0, 0.05) is 71.1 Å². The molecule has 2 aliphatic rings. The van der Waals surface area contributed by atoms with Crippen LogP contribution in [0.1, 0.15) is 36.0 Å². The van der Waals surface area contributed by atoms with Crippen LogP contribution in [-0.4, -0.2) is 109 Å². The Morgan fingerprint density at radius 1 is 1.05 bits per heavy atom. The van der Waals surface area contributed by atoms with Crippen LogP contribution in [0.5, 0.6) is 5.75 Å². The number of nitrogens with two attached hydrogens (primary N) is 1. The number of nitrogen functional groups attached to an aromatic ring is 1. The number of nitrogens with zero attached hydrogens (tertiary/aromatic N) is 3. The fourth-order valence-corrected chi connectivity index (χ4v) is 4.70. The van der Waals surface area contributed by atoms with E-state index in [-0.39, 0.29) is 18.0 Å². The summed E-state index contributed by atoms with van der Waals surface area (Å²) in [5.41, 5.74) is 6.60. The summed E-state index contributed by atoms with van der Waals surface area (Å²) in [6.07, 6.45) is 5.04. The molecule has 12 nitrogen and oxygen atoms in total. The van der Waals surface area contributed by atoms with Crippen LogP contribution < -0.4 is 15.8 Å². The first-order chi connectivity index (χ1) is 18.4. The average molecular weight is 568 g/mol. The van der Waals surface area contributed by atoms with Crippen LogP contribution in [0.15, 0.2) is 24.3 Å². The molecule has 0 radical (unpaired) electrons. The van der Waals surface area contributed by atoms with E-state index in [2.05, 4.69) is 10.2 Å². The first-order valence-corrected chi connectivity index (χ1v) is 13.0. The summed E-state index contributed by atoms with van der Waals surface area (Å²) in [5.74, 6) is -1.65. The number of carboxylic acid groups (broad SMARTS) is 2. The predicted octanol–water partition coefficient (Wildman–Crippen LogP) is 2.23. The summed E-state index contributed by atoms with van der Waals surface area (Å²) in [6, 6.07) is 3.38. The van der Waals surface area contributed by atoms with Crippen molar-refractivity contribution in [1.82, 2.24) is 20.0 Å². The second-order valence-electron chi connectivity index (χ2n) is 9.74. The van der Waals surface area contributed by atoms with Crippen molar-refractivity contribution < 1.29 is 34.1 Å². The highest BCUT2D eigenvalue weighted by atomic mass is 35.5. The molecule has 5 N–H and O–H groups in total. The molecule has 0 aromatic heterocycles. The Bertz CT molecular complexity index is 1030. The number of carbonyl (C=O) groups excluding carboxylic acids is 2. The number of amides is 3. The monoisotopic (exact) mass is 567 g/mol. The zero-order chi connectivity index (χ0) is 29.1. The third-order valence-corrected chi connectivity index (χ3v) is 6.97. The number of anilines is 1. The lowest BCUT2D eigenvalue weighted by Gasteiger charge is -2.38. The summed E-state index contributed by atoms with van der Waals surface area (Å²) < 4.78 is 5.29. The summed E-state index contributed by atoms with van der Waals surface area (Å²) in [5, 5.41) is 19.1. The summed E-state index contributed by atoms with van der Waals surface area (Å²) in [6.45, 7) is 4.65. The topological polar surface area (TPSA) is 166 Å². The Hall–Kier alpha value is -3.51. The smallest absolute Gasteiger partial charge is 0.328 e. The van der Waals surface area contributed by atoms with E-state index in [4.69, 9.17) is 32.3 Å². The fourth-order valence-electron chi connectivity index (χ4n) is 4.54. The van der Waals surface area contributed by atoms with Gasteiger partial charge in [0.05, 0.1) is 23.4 Å². The van der Waals surface area contributed by atoms with Gasteiger partial charge in [0.1, 0.15) is 5.75 Å². The van der Waals surface area contributed by atoms with Crippen molar-refractivity contribution in [2.24, 2.45) is 5.92 Å². The highest BCUT2D eigenvalue weighted by Crippen LogP contribution is 2.29. The number of benzene rings is 1. The van der Waals surface area contributed by atoms with Crippen molar-refractivity contribution in [3.05, 3.63) is 34.9 Å². The van der Waals surface area contributed by atoms with E-state index in [0.29, 0.717) is 40.1 Å². The maximum Gasteiger partial charge on any atom is 0.328 e. The quantitative estimate of drug-likeness (QED) is 0.285. The van der Waals surface area contributed by atoms with Crippen molar-refractivity contribution in [3.63, 3.8) is 0 Å². The molecule has 3 rings (SSSR count). The van der Waals surface area contributed by atoms with E-state index in [1.807, 2.05) is 4.90 Å². The lowest BCUT2D eigenvalue weighted by Crippen LogP contribution is -2.48. The van der Waals surface area contributed by atoms with Crippen molar-refractivity contribution in [1.29, 1.82) is 0 Å². The summed E-state index contributed by atoms with van der Waals surface area (Å²) >= 11 is 6.09. The summed E-state index contributed by atoms with van der Waals surface area (Å²) in [7, 11) is 5.11. The van der Waals surface area contributed by atoms with Crippen LogP contribution in [0.3, 0.4) is 0 Å². The SMILES string of the molecule is COc1cc(N)c(Cl)cc1C(=O)NC1CCN(CC2CCN(C(=O)N(C)C)CC2)CC1.O=C(O)/C=C/C(=O)O. The van der Waals surface area contributed by atoms with E-state index in [9.17, 15) is 19.2 Å². The minimum absolute atomic E-state index is 0.106. The normalized spacial score (nSPS) is 16.8. The molecular weight excluding hydrogens is 530 g/mol. The Morgan fingerprint density at radius 3 is 2.10 bits per heavy atom. The van der Waals surface area contributed by atoms with E-state index in [0.717, 1.165) is 58.4 Å². The number of carboxylic acids is 2.